The van der Waals surface area contributed by atoms with Crippen LogP contribution in [-0.2, 0) is 9.59 Å². The first-order valence-corrected chi connectivity index (χ1v) is 8.08. The van der Waals surface area contributed by atoms with E-state index in [4.69, 9.17) is 4.74 Å². The van der Waals surface area contributed by atoms with Gasteiger partial charge in [-0.15, -0.1) is 0 Å². The fourth-order valence-corrected chi connectivity index (χ4v) is 2.71. The molecule has 2 rings (SSSR count). The average molecular weight is 350 g/mol. The van der Waals surface area contributed by atoms with Gasteiger partial charge in [-0.1, -0.05) is 19.9 Å². The van der Waals surface area contributed by atoms with Gasteiger partial charge >= 0.3 is 5.97 Å². The molecule has 1 N–H and O–H groups in total. The third-order valence-electron chi connectivity index (χ3n) is 3.92. The minimum Gasteiger partial charge on any atom is -0.480 e. The van der Waals surface area contributed by atoms with Crippen LogP contribution in [0.5, 0.6) is 5.75 Å². The molecule has 0 bridgehead atoms. The quantitative estimate of drug-likeness (QED) is 0.818. The highest BCUT2D eigenvalue weighted by Crippen LogP contribution is 2.29. The highest BCUT2D eigenvalue weighted by molar-refractivity contribution is 5.94. The molecule has 0 aromatic heterocycles. The maximum Gasteiger partial charge on any atom is 0.326 e. The van der Waals surface area contributed by atoms with E-state index in [9.17, 15) is 19.1 Å². The van der Waals surface area contributed by atoms with Gasteiger partial charge in [-0.2, -0.15) is 0 Å². The lowest BCUT2D eigenvalue weighted by Crippen LogP contribution is -2.43. The highest BCUT2D eigenvalue weighted by Gasteiger charge is 2.34. The van der Waals surface area contributed by atoms with Gasteiger partial charge in [0.15, 0.2) is 11.6 Å². The van der Waals surface area contributed by atoms with Crippen LogP contribution in [-0.4, -0.2) is 48.6 Å². The molecule has 1 aromatic rings. The number of halogens is 1. The molecule has 25 heavy (non-hydrogen) atoms. The predicted octanol–water partition coefficient (Wildman–Crippen LogP) is 2.50. The lowest BCUT2D eigenvalue weighted by molar-refractivity contribution is -0.148. The number of carbonyl (C=O) groups excluding carboxylic acids is 1. The van der Waals surface area contributed by atoms with Crippen LogP contribution >= 0.6 is 0 Å². The fraction of sp³-hybridized carbons (Fsp3) is 0.444. The molecule has 1 atom stereocenters. The van der Waals surface area contributed by atoms with E-state index in [1.165, 1.54) is 17.0 Å². The smallest absolute Gasteiger partial charge is 0.326 e. The number of carboxylic acids is 1. The van der Waals surface area contributed by atoms with Crippen LogP contribution < -0.4 is 9.64 Å². The van der Waals surface area contributed by atoms with Crippen LogP contribution in [0.15, 0.2) is 30.0 Å². The summed E-state index contributed by atoms with van der Waals surface area (Å²) < 4.78 is 20.0. The average Bonchev–Trinajstić information content (AvgIpc) is 2.86. The van der Waals surface area contributed by atoms with Crippen molar-refractivity contribution >= 4 is 17.6 Å². The largest absolute Gasteiger partial charge is 0.480 e. The van der Waals surface area contributed by atoms with E-state index >= 15 is 0 Å². The predicted molar refractivity (Wildman–Crippen MR) is 92.0 cm³/mol. The van der Waals surface area contributed by atoms with Crippen molar-refractivity contribution in [2.45, 2.75) is 26.3 Å². The van der Waals surface area contributed by atoms with E-state index in [1.54, 1.807) is 31.1 Å². The molecule has 136 valence electrons. The summed E-state index contributed by atoms with van der Waals surface area (Å²) in [7, 11) is 3.43. The number of benzene rings is 1. The molecule has 1 aliphatic rings. The molecule has 0 saturated carbocycles. The van der Waals surface area contributed by atoms with Gasteiger partial charge in [-0.05, 0) is 24.5 Å². The van der Waals surface area contributed by atoms with E-state index in [1.807, 2.05) is 13.8 Å². The Kier molecular flexibility index (Phi) is 5.66. The molecule has 7 heteroatoms. The molecule has 1 heterocycles. The number of nitrogens with zero attached hydrogens (tertiary/aromatic N) is 2. The zero-order valence-corrected chi connectivity index (χ0v) is 14.8. The standard InChI is InChI=1S/C18H23FN2O4/c1-11(2)8-14(18(23)24)21-10-12(9-16(21)22)25-15-7-5-6-13(17(15)19)20(3)4/h5-7,9,11,14H,8,10H2,1-4H3,(H,23,24). The maximum absolute atomic E-state index is 14.4. The molecular formula is C18H23FN2O4. The van der Waals surface area contributed by atoms with Crippen molar-refractivity contribution in [3.05, 3.63) is 35.9 Å². The zero-order valence-electron chi connectivity index (χ0n) is 14.8. The first-order valence-electron chi connectivity index (χ1n) is 8.08. The molecule has 6 nitrogen and oxygen atoms in total. The first kappa shape index (κ1) is 18.8. The van der Waals surface area contributed by atoms with Gasteiger partial charge in [0.1, 0.15) is 11.8 Å². The fourth-order valence-electron chi connectivity index (χ4n) is 2.71. The summed E-state index contributed by atoms with van der Waals surface area (Å²) in [6.07, 6.45) is 1.56. The van der Waals surface area contributed by atoms with Gasteiger partial charge in [0, 0.05) is 20.2 Å². The van der Waals surface area contributed by atoms with E-state index in [0.29, 0.717) is 12.1 Å². The Hall–Kier alpha value is -2.57. The Morgan fingerprint density at radius 2 is 2.08 bits per heavy atom. The molecule has 1 amide bonds. The minimum absolute atomic E-state index is 0.00262. The number of anilines is 1. The Balaban J connectivity index is 2.16. The van der Waals surface area contributed by atoms with E-state index in [2.05, 4.69) is 0 Å². The van der Waals surface area contributed by atoms with Crippen LogP contribution in [0.4, 0.5) is 10.1 Å². The Bertz CT molecular complexity index is 700. The summed E-state index contributed by atoms with van der Waals surface area (Å²) in [6.45, 7) is 3.79. The van der Waals surface area contributed by atoms with Crippen LogP contribution in [0.1, 0.15) is 20.3 Å². The van der Waals surface area contributed by atoms with Gasteiger partial charge in [-0.25, -0.2) is 9.18 Å². The molecule has 0 radical (unpaired) electrons. The van der Waals surface area contributed by atoms with Crippen molar-refractivity contribution in [1.29, 1.82) is 0 Å². The number of rotatable bonds is 7. The van der Waals surface area contributed by atoms with Gasteiger partial charge in [0.2, 0.25) is 0 Å². The van der Waals surface area contributed by atoms with Crippen LogP contribution in [0.3, 0.4) is 0 Å². The summed E-state index contributed by atoms with van der Waals surface area (Å²) in [5, 5.41) is 9.39. The molecule has 1 unspecified atom stereocenters. The number of carbonyl (C=O) groups is 2. The number of amides is 1. The van der Waals surface area contributed by atoms with Crippen LogP contribution in [0.2, 0.25) is 0 Å². The SMILES string of the molecule is CC(C)CC(C(=O)O)N1CC(Oc2cccc(N(C)C)c2F)=CC1=O. The molecule has 0 spiro atoms. The minimum atomic E-state index is -1.06. The van der Waals surface area contributed by atoms with Crippen molar-refractivity contribution in [3.8, 4) is 5.75 Å². The normalized spacial score (nSPS) is 15.4. The zero-order chi connectivity index (χ0) is 18.7. The number of carboxylic acid groups (broad SMARTS) is 1. The number of aliphatic carboxylic acids is 1. The molecular weight excluding hydrogens is 327 g/mol. The molecule has 0 aliphatic carbocycles. The van der Waals surface area contributed by atoms with Gasteiger partial charge < -0.3 is 19.6 Å². The third kappa shape index (κ3) is 4.29. The second-order valence-corrected chi connectivity index (χ2v) is 6.65. The molecule has 1 aliphatic heterocycles. The molecule has 0 saturated heterocycles. The lowest BCUT2D eigenvalue weighted by Gasteiger charge is -2.25. The monoisotopic (exact) mass is 350 g/mol. The van der Waals surface area contributed by atoms with Crippen molar-refractivity contribution in [3.63, 3.8) is 0 Å². The van der Waals surface area contributed by atoms with Gasteiger partial charge in [0.05, 0.1) is 12.2 Å². The molecule has 1 aromatic carbocycles. The first-order chi connectivity index (χ1) is 11.7. The number of ether oxygens (including phenoxy) is 1. The Labute approximate surface area is 146 Å². The van der Waals surface area contributed by atoms with Gasteiger partial charge in [0.25, 0.3) is 5.91 Å². The third-order valence-corrected chi connectivity index (χ3v) is 3.92. The van der Waals surface area contributed by atoms with E-state index < -0.39 is 23.7 Å². The van der Waals surface area contributed by atoms with Crippen molar-refractivity contribution in [2.24, 2.45) is 5.92 Å². The van der Waals surface area contributed by atoms with Crippen molar-refractivity contribution in [1.82, 2.24) is 4.90 Å². The number of hydrogen-bond acceptors (Lipinski definition) is 4. The second kappa shape index (κ2) is 7.55. The van der Waals surface area contributed by atoms with Crippen LogP contribution in [0, 0.1) is 11.7 Å². The Morgan fingerprint density at radius 1 is 1.40 bits per heavy atom. The second-order valence-electron chi connectivity index (χ2n) is 6.65. The summed E-state index contributed by atoms with van der Waals surface area (Å²) in [5.74, 6) is -1.67. The van der Waals surface area contributed by atoms with Crippen molar-refractivity contribution < 1.29 is 23.8 Å². The number of hydrogen-bond donors (Lipinski definition) is 1. The Morgan fingerprint density at radius 3 is 2.64 bits per heavy atom. The molecule has 0 fully saturated rings. The van der Waals surface area contributed by atoms with E-state index in [-0.39, 0.29) is 24.0 Å². The summed E-state index contributed by atoms with van der Waals surface area (Å²) in [4.78, 5) is 26.5. The van der Waals surface area contributed by atoms with Gasteiger partial charge in [-0.3, -0.25) is 4.79 Å². The van der Waals surface area contributed by atoms with Crippen molar-refractivity contribution in [2.75, 3.05) is 25.5 Å². The summed E-state index contributed by atoms with van der Waals surface area (Å²) in [6, 6.07) is 3.81. The summed E-state index contributed by atoms with van der Waals surface area (Å²) in [5.41, 5.74) is 0.363. The maximum atomic E-state index is 14.4. The highest BCUT2D eigenvalue weighted by atomic mass is 19.1. The summed E-state index contributed by atoms with van der Waals surface area (Å²) >= 11 is 0. The van der Waals surface area contributed by atoms with E-state index in [0.717, 1.165) is 0 Å². The lowest BCUT2D eigenvalue weighted by atomic mass is 10.0. The van der Waals surface area contributed by atoms with Crippen LogP contribution in [0.25, 0.3) is 0 Å². The topological polar surface area (TPSA) is 70.1 Å².